The van der Waals surface area contributed by atoms with Gasteiger partial charge in [-0.05, 0) is 88.9 Å². The van der Waals surface area contributed by atoms with E-state index < -0.39 is 5.60 Å². The molecule has 0 atom stereocenters. The number of nitrogens with one attached hydrogen (secondary N) is 2. The Kier molecular flexibility index (Phi) is 9.14. The zero-order chi connectivity index (χ0) is 29.9. The Labute approximate surface area is 253 Å². The van der Waals surface area contributed by atoms with Gasteiger partial charge in [0.15, 0.2) is 0 Å². The van der Waals surface area contributed by atoms with E-state index in [1.165, 1.54) is 0 Å². The van der Waals surface area contributed by atoms with Gasteiger partial charge in [0.2, 0.25) is 0 Å². The zero-order valence-corrected chi connectivity index (χ0v) is 25.5. The van der Waals surface area contributed by atoms with Crippen LogP contribution in [0.15, 0.2) is 42.5 Å². The fourth-order valence-corrected chi connectivity index (χ4v) is 6.14. The van der Waals surface area contributed by atoms with Crippen LogP contribution >= 0.6 is 11.6 Å². The predicted octanol–water partition coefficient (Wildman–Crippen LogP) is 5.11. The summed E-state index contributed by atoms with van der Waals surface area (Å²) in [6.07, 6.45) is 3.50. The van der Waals surface area contributed by atoms with Crippen molar-refractivity contribution < 1.29 is 14.3 Å². The maximum Gasteiger partial charge on any atom is 0.410 e. The van der Waals surface area contributed by atoms with E-state index in [-0.39, 0.29) is 18.0 Å². The number of hydrogen-bond acceptors (Lipinski definition) is 7. The number of ether oxygens (including phenoxy) is 1. The van der Waals surface area contributed by atoms with Crippen molar-refractivity contribution in [1.82, 2.24) is 15.1 Å². The number of nitriles is 1. The molecular formula is C32H41ClN6O3. The van der Waals surface area contributed by atoms with Crippen LogP contribution in [0.3, 0.4) is 0 Å². The summed E-state index contributed by atoms with van der Waals surface area (Å²) >= 11 is 6.16. The van der Waals surface area contributed by atoms with Crippen LogP contribution < -0.4 is 15.5 Å². The number of rotatable bonds is 6. The molecule has 0 unspecified atom stereocenters. The number of benzene rings is 2. The van der Waals surface area contributed by atoms with Crippen LogP contribution in [0.4, 0.5) is 16.2 Å². The normalized spacial score (nSPS) is 21.7. The van der Waals surface area contributed by atoms with Crippen molar-refractivity contribution in [3.8, 4) is 6.07 Å². The third kappa shape index (κ3) is 7.47. The topological polar surface area (TPSA) is 101 Å². The van der Waals surface area contributed by atoms with Gasteiger partial charge in [-0.1, -0.05) is 11.6 Å². The molecule has 2 amide bonds. The predicted molar refractivity (Wildman–Crippen MR) is 165 cm³/mol. The summed E-state index contributed by atoms with van der Waals surface area (Å²) in [5, 5.41) is 16.2. The van der Waals surface area contributed by atoms with Crippen LogP contribution in [-0.2, 0) is 4.74 Å². The van der Waals surface area contributed by atoms with E-state index in [0.717, 1.165) is 76.3 Å². The molecule has 2 saturated heterocycles. The smallest absolute Gasteiger partial charge is 0.410 e. The molecule has 10 heteroatoms. The molecule has 2 heterocycles. The number of halogens is 1. The Hall–Kier alpha value is -3.48. The Morgan fingerprint density at radius 1 is 0.952 bits per heavy atom. The first-order chi connectivity index (χ1) is 20.1. The number of likely N-dealkylation sites (tertiary alicyclic amines) is 1. The molecule has 9 nitrogen and oxygen atoms in total. The first kappa shape index (κ1) is 30.0. The van der Waals surface area contributed by atoms with E-state index in [4.69, 9.17) is 21.6 Å². The van der Waals surface area contributed by atoms with Crippen molar-refractivity contribution in [2.75, 3.05) is 49.5 Å². The van der Waals surface area contributed by atoms with Crippen LogP contribution in [0.2, 0.25) is 5.02 Å². The molecule has 0 aromatic heterocycles. The molecule has 1 saturated carbocycles. The van der Waals surface area contributed by atoms with E-state index in [1.54, 1.807) is 17.0 Å². The lowest BCUT2D eigenvalue weighted by Crippen LogP contribution is -2.64. The summed E-state index contributed by atoms with van der Waals surface area (Å²) in [6, 6.07) is 16.3. The van der Waals surface area contributed by atoms with Crippen molar-refractivity contribution in [2.24, 2.45) is 0 Å². The fourth-order valence-electron chi connectivity index (χ4n) is 5.91. The Morgan fingerprint density at radius 3 is 2.19 bits per heavy atom. The average Bonchev–Trinajstić information content (AvgIpc) is 2.93. The summed E-state index contributed by atoms with van der Waals surface area (Å²) in [7, 11) is 0. The molecule has 2 N–H and O–H groups in total. The third-order valence-corrected chi connectivity index (χ3v) is 8.67. The molecule has 0 bridgehead atoms. The van der Waals surface area contributed by atoms with Crippen LogP contribution in [0.1, 0.15) is 62.4 Å². The lowest BCUT2D eigenvalue weighted by Gasteiger charge is -2.48. The summed E-state index contributed by atoms with van der Waals surface area (Å²) < 4.78 is 5.47. The molecule has 1 aliphatic carbocycles. The van der Waals surface area contributed by atoms with Gasteiger partial charge < -0.3 is 25.2 Å². The maximum atomic E-state index is 13.0. The molecule has 3 aliphatic rings. The van der Waals surface area contributed by atoms with Gasteiger partial charge in [0.25, 0.3) is 5.91 Å². The van der Waals surface area contributed by atoms with E-state index in [9.17, 15) is 9.59 Å². The first-order valence-corrected chi connectivity index (χ1v) is 15.3. The zero-order valence-electron chi connectivity index (χ0n) is 24.7. The highest BCUT2D eigenvalue weighted by Gasteiger charge is 2.38. The number of nitrogens with zero attached hydrogens (tertiary/aromatic N) is 4. The van der Waals surface area contributed by atoms with E-state index in [1.807, 2.05) is 51.1 Å². The lowest BCUT2D eigenvalue weighted by molar-refractivity contribution is -0.0162. The first-order valence-electron chi connectivity index (χ1n) is 14.9. The Balaban J connectivity index is 1.02. The lowest BCUT2D eigenvalue weighted by atomic mass is 9.90. The van der Waals surface area contributed by atoms with E-state index in [0.29, 0.717) is 28.2 Å². The average molecular weight is 593 g/mol. The highest BCUT2D eigenvalue weighted by Crippen LogP contribution is 2.26. The standard InChI is InChI=1S/C32H41ClN6O3/c1-32(2,3)42-31(41)39-20-28(21-39)38-16-14-37(15-17-38)27-12-5-22(6-13-27)30(40)36-25-10-8-24(9-11-25)35-26-7-4-23(19-34)29(33)18-26/h4-7,12-13,18,24-25,28,35H,8-11,14-17,20-21H2,1-3H3,(H,36,40). The number of hydrogen-bond donors (Lipinski definition) is 2. The summed E-state index contributed by atoms with van der Waals surface area (Å²) in [5.41, 5.74) is 2.74. The van der Waals surface area contributed by atoms with Crippen LogP contribution in [0.5, 0.6) is 0 Å². The Bertz CT molecular complexity index is 1300. The second-order valence-corrected chi connectivity index (χ2v) is 13.0. The summed E-state index contributed by atoms with van der Waals surface area (Å²) in [6.45, 7) is 10.9. The molecule has 0 radical (unpaired) electrons. The van der Waals surface area contributed by atoms with Crippen molar-refractivity contribution in [2.45, 2.75) is 70.2 Å². The van der Waals surface area contributed by atoms with Gasteiger partial charge in [0.05, 0.1) is 10.6 Å². The van der Waals surface area contributed by atoms with Crippen molar-refractivity contribution in [3.05, 3.63) is 58.6 Å². The number of carbonyl (C=O) groups excluding carboxylic acids is 2. The second kappa shape index (κ2) is 12.8. The van der Waals surface area contributed by atoms with E-state index in [2.05, 4.69) is 26.5 Å². The fraction of sp³-hybridized carbons (Fsp3) is 0.531. The van der Waals surface area contributed by atoms with Gasteiger partial charge in [0.1, 0.15) is 11.7 Å². The SMILES string of the molecule is CC(C)(C)OC(=O)N1CC(N2CCN(c3ccc(C(=O)NC4CCC(Nc5ccc(C#N)c(Cl)c5)CC4)cc3)CC2)C1. The minimum atomic E-state index is -0.466. The van der Waals surface area contributed by atoms with Gasteiger partial charge >= 0.3 is 6.09 Å². The van der Waals surface area contributed by atoms with Crippen molar-refractivity contribution >= 4 is 35.0 Å². The number of amides is 2. The summed E-state index contributed by atoms with van der Waals surface area (Å²) in [4.78, 5) is 31.8. The van der Waals surface area contributed by atoms with Gasteiger partial charge in [-0.25, -0.2) is 4.79 Å². The highest BCUT2D eigenvalue weighted by atomic mass is 35.5. The third-order valence-electron chi connectivity index (χ3n) is 8.36. The molecule has 2 aliphatic heterocycles. The quantitative estimate of drug-likeness (QED) is 0.481. The minimum absolute atomic E-state index is 0.0267. The number of carbonyl (C=O) groups is 2. The van der Waals surface area contributed by atoms with Gasteiger partial charge in [-0.2, -0.15) is 5.26 Å². The number of anilines is 2. The van der Waals surface area contributed by atoms with Crippen LogP contribution in [0.25, 0.3) is 0 Å². The Morgan fingerprint density at radius 2 is 1.60 bits per heavy atom. The highest BCUT2D eigenvalue weighted by molar-refractivity contribution is 6.32. The summed E-state index contributed by atoms with van der Waals surface area (Å²) in [5.74, 6) is -0.0267. The molecule has 224 valence electrons. The monoisotopic (exact) mass is 592 g/mol. The van der Waals surface area contributed by atoms with Gasteiger partial charge in [-0.15, -0.1) is 0 Å². The van der Waals surface area contributed by atoms with Crippen LogP contribution in [-0.4, -0.2) is 84.8 Å². The molecule has 3 fully saturated rings. The van der Waals surface area contributed by atoms with Gasteiger partial charge in [-0.3, -0.25) is 9.69 Å². The van der Waals surface area contributed by atoms with Crippen molar-refractivity contribution in [1.29, 1.82) is 5.26 Å². The molecule has 0 spiro atoms. The molecule has 42 heavy (non-hydrogen) atoms. The second-order valence-electron chi connectivity index (χ2n) is 12.6. The molecule has 2 aromatic rings. The van der Waals surface area contributed by atoms with Crippen LogP contribution in [0, 0.1) is 11.3 Å². The van der Waals surface area contributed by atoms with E-state index >= 15 is 0 Å². The molecule has 2 aromatic carbocycles. The minimum Gasteiger partial charge on any atom is -0.444 e. The molecule has 5 rings (SSSR count). The van der Waals surface area contributed by atoms with Crippen molar-refractivity contribution in [3.63, 3.8) is 0 Å². The largest absolute Gasteiger partial charge is 0.444 e. The van der Waals surface area contributed by atoms with Gasteiger partial charge in [0, 0.05) is 74.3 Å². The number of piperazine rings is 1. The maximum absolute atomic E-state index is 13.0. The molecular weight excluding hydrogens is 552 g/mol.